The number of fused-ring (bicyclic) bond motifs is 1. The quantitative estimate of drug-likeness (QED) is 0.352. The number of esters is 1. The number of hydrogen-bond acceptors (Lipinski definition) is 6. The van der Waals surface area contributed by atoms with E-state index in [9.17, 15) is 19.8 Å². The first-order valence-electron chi connectivity index (χ1n) is 9.67. The molecule has 0 aliphatic carbocycles. The van der Waals surface area contributed by atoms with Gasteiger partial charge in [0.25, 0.3) is 0 Å². The van der Waals surface area contributed by atoms with Crippen molar-refractivity contribution in [3.05, 3.63) is 58.3 Å². The van der Waals surface area contributed by atoms with Gasteiger partial charge >= 0.3 is 5.97 Å². The number of ether oxygens (including phenoxy) is 1. The maximum Gasteiger partial charge on any atom is 0.302 e. The molecule has 6 nitrogen and oxygen atoms in total. The van der Waals surface area contributed by atoms with Gasteiger partial charge in [0, 0.05) is 18.6 Å². The SMILES string of the molecule is CC.CC(=O)OCCCCc1ccc(-c2cc(=O)c3ccc(O)c(O)c3o2)cc1. The van der Waals surface area contributed by atoms with Crippen LogP contribution in [-0.4, -0.2) is 22.8 Å². The summed E-state index contributed by atoms with van der Waals surface area (Å²) in [5.74, 6) is -0.742. The normalized spacial score (nSPS) is 10.3. The predicted molar refractivity (Wildman–Crippen MR) is 112 cm³/mol. The Labute approximate surface area is 169 Å². The van der Waals surface area contributed by atoms with E-state index in [0.29, 0.717) is 17.9 Å². The van der Waals surface area contributed by atoms with Crippen molar-refractivity contribution in [3.8, 4) is 22.8 Å². The van der Waals surface area contributed by atoms with E-state index in [-0.39, 0.29) is 28.1 Å². The molecule has 1 heterocycles. The molecule has 154 valence electrons. The number of phenolic OH excluding ortho intramolecular Hbond substituents is 2. The van der Waals surface area contributed by atoms with E-state index in [1.807, 2.05) is 38.1 Å². The van der Waals surface area contributed by atoms with Crippen LogP contribution in [0.25, 0.3) is 22.3 Å². The van der Waals surface area contributed by atoms with Gasteiger partial charge in [0.15, 0.2) is 16.8 Å². The molecule has 6 heteroatoms. The monoisotopic (exact) mass is 398 g/mol. The summed E-state index contributed by atoms with van der Waals surface area (Å²) in [7, 11) is 0. The standard InChI is InChI=1S/C21H20O6.C2H6/c1-13(22)26-11-3-2-4-14-5-7-15(8-6-14)19-12-18(24)16-9-10-17(23)20(25)21(16)27-19;1-2/h5-10,12,23,25H,2-4,11H2,1H3;1-2H3. The van der Waals surface area contributed by atoms with Crippen LogP contribution in [0.15, 0.2) is 51.7 Å². The third-order valence-electron chi connectivity index (χ3n) is 4.25. The average molecular weight is 398 g/mol. The Bertz CT molecular complexity index is 1020. The number of aryl methyl sites for hydroxylation is 1. The summed E-state index contributed by atoms with van der Waals surface area (Å²) >= 11 is 0. The first kappa shape index (κ1) is 22.0. The van der Waals surface area contributed by atoms with E-state index < -0.39 is 5.75 Å². The average Bonchev–Trinajstić information content (AvgIpc) is 2.72. The molecule has 3 aromatic rings. The number of unbranched alkanes of at least 4 members (excludes halogenated alkanes) is 1. The predicted octanol–water partition coefficient (Wildman–Crippen LogP) is 4.78. The van der Waals surface area contributed by atoms with E-state index in [0.717, 1.165) is 24.8 Å². The highest BCUT2D eigenvalue weighted by Crippen LogP contribution is 2.34. The molecule has 2 N–H and O–H groups in total. The Morgan fingerprint density at radius 1 is 1.03 bits per heavy atom. The van der Waals surface area contributed by atoms with Gasteiger partial charge in [-0.2, -0.15) is 0 Å². The highest BCUT2D eigenvalue weighted by atomic mass is 16.5. The molecule has 0 saturated carbocycles. The van der Waals surface area contributed by atoms with Crippen LogP contribution < -0.4 is 5.43 Å². The van der Waals surface area contributed by atoms with E-state index in [4.69, 9.17) is 9.15 Å². The van der Waals surface area contributed by atoms with Gasteiger partial charge in [-0.25, -0.2) is 0 Å². The first-order chi connectivity index (χ1) is 14.0. The van der Waals surface area contributed by atoms with Gasteiger partial charge in [0.1, 0.15) is 5.76 Å². The van der Waals surface area contributed by atoms with Gasteiger partial charge in [0.2, 0.25) is 5.75 Å². The van der Waals surface area contributed by atoms with Gasteiger partial charge in [-0.1, -0.05) is 38.1 Å². The molecule has 0 radical (unpaired) electrons. The molecule has 0 bridgehead atoms. The Kier molecular flexibility index (Phi) is 7.83. The second kappa shape index (κ2) is 10.3. The lowest BCUT2D eigenvalue weighted by Crippen LogP contribution is -2.01. The van der Waals surface area contributed by atoms with Gasteiger partial charge in [0.05, 0.1) is 12.0 Å². The van der Waals surface area contributed by atoms with E-state index >= 15 is 0 Å². The Balaban J connectivity index is 0.00000145. The lowest BCUT2D eigenvalue weighted by molar-refractivity contribution is -0.141. The number of phenols is 2. The number of hydrogen-bond donors (Lipinski definition) is 2. The van der Waals surface area contributed by atoms with Crippen LogP contribution in [0.2, 0.25) is 0 Å². The maximum atomic E-state index is 12.3. The summed E-state index contributed by atoms with van der Waals surface area (Å²) in [6, 6.07) is 11.6. The summed E-state index contributed by atoms with van der Waals surface area (Å²) in [5, 5.41) is 19.8. The van der Waals surface area contributed by atoms with Crippen molar-refractivity contribution in [1.29, 1.82) is 0 Å². The van der Waals surface area contributed by atoms with Gasteiger partial charge in [-0.15, -0.1) is 0 Å². The molecule has 3 rings (SSSR count). The van der Waals surface area contributed by atoms with Crippen LogP contribution in [0.5, 0.6) is 11.5 Å². The molecular formula is C23H26O6. The number of aromatic hydroxyl groups is 2. The van der Waals surface area contributed by atoms with Crippen molar-refractivity contribution in [2.45, 2.75) is 40.0 Å². The third-order valence-corrected chi connectivity index (χ3v) is 4.25. The fraction of sp³-hybridized carbons (Fsp3) is 0.304. The fourth-order valence-corrected chi connectivity index (χ4v) is 2.82. The van der Waals surface area contributed by atoms with Crippen molar-refractivity contribution in [2.24, 2.45) is 0 Å². The molecule has 2 aromatic carbocycles. The molecule has 1 aromatic heterocycles. The van der Waals surface area contributed by atoms with Crippen LogP contribution in [0.3, 0.4) is 0 Å². The van der Waals surface area contributed by atoms with Crippen LogP contribution >= 0.6 is 0 Å². The highest BCUT2D eigenvalue weighted by Gasteiger charge is 2.13. The van der Waals surface area contributed by atoms with Crippen molar-refractivity contribution in [2.75, 3.05) is 6.61 Å². The molecule has 29 heavy (non-hydrogen) atoms. The zero-order chi connectivity index (χ0) is 21.4. The van der Waals surface area contributed by atoms with Gasteiger partial charge in [-0.05, 0) is 37.0 Å². The topological polar surface area (TPSA) is 97.0 Å². The second-order valence-corrected chi connectivity index (χ2v) is 6.28. The van der Waals surface area contributed by atoms with Crippen LogP contribution in [0, 0.1) is 0 Å². The largest absolute Gasteiger partial charge is 0.504 e. The summed E-state index contributed by atoms with van der Waals surface area (Å²) in [4.78, 5) is 23.0. The summed E-state index contributed by atoms with van der Waals surface area (Å²) in [6.07, 6.45) is 2.53. The number of carbonyl (C=O) groups is 1. The van der Waals surface area contributed by atoms with Crippen molar-refractivity contribution < 1.29 is 24.2 Å². The number of carbonyl (C=O) groups excluding carboxylic acids is 1. The smallest absolute Gasteiger partial charge is 0.302 e. The third kappa shape index (κ3) is 5.60. The lowest BCUT2D eigenvalue weighted by Gasteiger charge is -2.07. The van der Waals surface area contributed by atoms with Crippen molar-refractivity contribution in [3.63, 3.8) is 0 Å². The van der Waals surface area contributed by atoms with Crippen molar-refractivity contribution in [1.82, 2.24) is 0 Å². The Hall–Kier alpha value is -3.28. The molecule has 0 aliphatic heterocycles. The number of benzene rings is 2. The van der Waals surface area contributed by atoms with Gasteiger partial charge in [-0.3, -0.25) is 9.59 Å². The minimum absolute atomic E-state index is 0.0351. The lowest BCUT2D eigenvalue weighted by atomic mass is 10.0. The van der Waals surface area contributed by atoms with Crippen molar-refractivity contribution >= 4 is 16.9 Å². The zero-order valence-electron chi connectivity index (χ0n) is 16.9. The molecule has 0 unspecified atom stereocenters. The zero-order valence-corrected chi connectivity index (χ0v) is 16.9. The molecular weight excluding hydrogens is 372 g/mol. The Morgan fingerprint density at radius 3 is 2.38 bits per heavy atom. The van der Waals surface area contributed by atoms with E-state index in [1.54, 1.807) is 0 Å². The minimum Gasteiger partial charge on any atom is -0.504 e. The van der Waals surface area contributed by atoms with E-state index in [2.05, 4.69) is 0 Å². The molecule has 0 aliphatic rings. The summed E-state index contributed by atoms with van der Waals surface area (Å²) < 4.78 is 10.6. The van der Waals surface area contributed by atoms with Crippen LogP contribution in [0.4, 0.5) is 0 Å². The summed E-state index contributed by atoms with van der Waals surface area (Å²) in [6.45, 7) is 5.82. The molecule has 0 amide bonds. The highest BCUT2D eigenvalue weighted by molar-refractivity contribution is 5.86. The summed E-state index contributed by atoms with van der Waals surface area (Å²) in [5.41, 5.74) is 1.48. The minimum atomic E-state index is -0.448. The fourth-order valence-electron chi connectivity index (χ4n) is 2.82. The molecule has 0 fully saturated rings. The van der Waals surface area contributed by atoms with Gasteiger partial charge < -0.3 is 19.4 Å². The van der Waals surface area contributed by atoms with E-state index in [1.165, 1.54) is 25.1 Å². The Morgan fingerprint density at radius 2 is 1.72 bits per heavy atom. The molecule has 0 spiro atoms. The van der Waals surface area contributed by atoms with Crippen LogP contribution in [-0.2, 0) is 16.0 Å². The van der Waals surface area contributed by atoms with Crippen LogP contribution in [0.1, 0.15) is 39.2 Å². The maximum absolute atomic E-state index is 12.3. The second-order valence-electron chi connectivity index (χ2n) is 6.28. The first-order valence-corrected chi connectivity index (χ1v) is 9.67. The molecule has 0 saturated heterocycles. The molecule has 0 atom stereocenters. The number of rotatable bonds is 6.